The van der Waals surface area contributed by atoms with Crippen LogP contribution in [0.2, 0.25) is 0 Å². The molecule has 2 N–H and O–H groups in total. The first-order chi connectivity index (χ1) is 11.2. The second-order valence-electron chi connectivity index (χ2n) is 5.78. The Balaban J connectivity index is 1.65. The normalized spacial score (nSPS) is 21.7. The topological polar surface area (TPSA) is 99.4 Å². The van der Waals surface area contributed by atoms with E-state index in [1.165, 1.54) is 6.20 Å². The maximum absolute atomic E-state index is 12.9. The molecule has 118 valence electrons. The third-order valence-corrected chi connectivity index (χ3v) is 4.30. The average molecular weight is 312 g/mol. The van der Waals surface area contributed by atoms with Gasteiger partial charge in [0, 0.05) is 18.9 Å². The zero-order valence-electron chi connectivity index (χ0n) is 12.4. The Morgan fingerprint density at radius 1 is 1.39 bits per heavy atom. The lowest BCUT2D eigenvalue weighted by molar-refractivity contribution is -0.0322. The number of carbonyl (C=O) groups excluding carboxylic acids is 1. The molecule has 0 radical (unpaired) electrons. The summed E-state index contributed by atoms with van der Waals surface area (Å²) in [6.07, 6.45) is 6.18. The summed E-state index contributed by atoms with van der Waals surface area (Å²) in [5.41, 5.74) is 0.559. The van der Waals surface area contributed by atoms with Crippen molar-refractivity contribution in [2.45, 2.75) is 18.4 Å². The van der Waals surface area contributed by atoms with Crippen LogP contribution in [0.4, 0.5) is 0 Å². The Kier molecular flexibility index (Phi) is 3.12. The Bertz CT molecular complexity index is 843. The van der Waals surface area contributed by atoms with Crippen LogP contribution in [0.15, 0.2) is 36.8 Å². The van der Waals surface area contributed by atoms with Gasteiger partial charge in [0.25, 0.3) is 5.91 Å². The summed E-state index contributed by atoms with van der Waals surface area (Å²) in [5, 5.41) is 21.1. The van der Waals surface area contributed by atoms with Crippen molar-refractivity contribution in [2.24, 2.45) is 0 Å². The maximum Gasteiger partial charge on any atom is 0.270 e. The lowest BCUT2D eigenvalue weighted by Crippen LogP contribution is -2.49. The smallest absolute Gasteiger partial charge is 0.270 e. The van der Waals surface area contributed by atoms with E-state index in [0.29, 0.717) is 30.8 Å². The number of imidazole rings is 1. The molecule has 1 saturated heterocycles. The summed E-state index contributed by atoms with van der Waals surface area (Å²) in [6.45, 7) is 0.799. The number of piperidine rings is 1. The standard InChI is InChI=1S/C15H16N6O2/c22-14(11-3-1-4-13-16-6-8-21(11)13)20-7-2-5-15(23,10-20)12-9-17-19-18-12/h1,3-4,6,8-9,23H,2,5,7,10H2,(H,17,18,19). The number of nitrogens with one attached hydrogen (secondary N) is 1. The Morgan fingerprint density at radius 3 is 3.13 bits per heavy atom. The first-order valence-corrected chi connectivity index (χ1v) is 7.47. The number of aromatic nitrogens is 5. The van der Waals surface area contributed by atoms with E-state index in [0.717, 1.165) is 5.65 Å². The minimum atomic E-state index is -1.16. The van der Waals surface area contributed by atoms with Crippen LogP contribution in [-0.2, 0) is 5.60 Å². The fourth-order valence-corrected chi connectivity index (χ4v) is 3.13. The van der Waals surface area contributed by atoms with E-state index in [9.17, 15) is 9.90 Å². The van der Waals surface area contributed by atoms with Gasteiger partial charge in [-0.15, -0.1) is 0 Å². The van der Waals surface area contributed by atoms with Crippen LogP contribution in [-0.4, -0.2) is 53.8 Å². The van der Waals surface area contributed by atoms with Crippen LogP contribution in [0.3, 0.4) is 0 Å². The third-order valence-electron chi connectivity index (χ3n) is 4.30. The predicted octanol–water partition coefficient (Wildman–Crippen LogP) is 0.576. The van der Waals surface area contributed by atoms with Gasteiger partial charge < -0.3 is 10.0 Å². The van der Waals surface area contributed by atoms with Crippen LogP contribution >= 0.6 is 0 Å². The molecule has 8 heteroatoms. The lowest BCUT2D eigenvalue weighted by Gasteiger charge is -2.38. The number of hydrogen-bond donors (Lipinski definition) is 2. The highest BCUT2D eigenvalue weighted by Gasteiger charge is 2.39. The summed E-state index contributed by atoms with van der Waals surface area (Å²) in [6, 6.07) is 5.42. The quantitative estimate of drug-likeness (QED) is 0.721. The van der Waals surface area contributed by atoms with Crippen molar-refractivity contribution in [3.8, 4) is 0 Å². The second-order valence-corrected chi connectivity index (χ2v) is 5.78. The van der Waals surface area contributed by atoms with Gasteiger partial charge in [-0.25, -0.2) is 4.98 Å². The highest BCUT2D eigenvalue weighted by atomic mass is 16.3. The molecule has 3 aromatic heterocycles. The lowest BCUT2D eigenvalue weighted by atomic mass is 9.90. The molecular weight excluding hydrogens is 296 g/mol. The first-order valence-electron chi connectivity index (χ1n) is 7.47. The number of hydrogen-bond acceptors (Lipinski definition) is 5. The Morgan fingerprint density at radius 2 is 2.30 bits per heavy atom. The van der Waals surface area contributed by atoms with E-state index in [1.807, 2.05) is 12.1 Å². The number of H-pyrrole nitrogens is 1. The highest BCUT2D eigenvalue weighted by molar-refractivity contribution is 5.93. The number of β-amino-alcohol motifs (C(OH)–C–C–N with tert-alkyl or cyclic N) is 1. The number of aromatic amines is 1. The van der Waals surface area contributed by atoms with Crippen molar-refractivity contribution < 1.29 is 9.90 Å². The van der Waals surface area contributed by atoms with E-state index in [4.69, 9.17) is 0 Å². The maximum atomic E-state index is 12.9. The number of carbonyl (C=O) groups is 1. The molecule has 0 bridgehead atoms. The molecule has 8 nitrogen and oxygen atoms in total. The van der Waals surface area contributed by atoms with E-state index >= 15 is 0 Å². The summed E-state index contributed by atoms with van der Waals surface area (Å²) < 4.78 is 1.76. The molecule has 4 rings (SSSR count). The van der Waals surface area contributed by atoms with Crippen LogP contribution in [0.1, 0.15) is 29.0 Å². The van der Waals surface area contributed by atoms with Crippen molar-refractivity contribution >= 4 is 11.6 Å². The van der Waals surface area contributed by atoms with Crippen molar-refractivity contribution in [1.29, 1.82) is 0 Å². The monoisotopic (exact) mass is 312 g/mol. The molecule has 0 aromatic carbocycles. The molecular formula is C15H16N6O2. The fraction of sp³-hybridized carbons (Fsp3) is 0.333. The molecule has 1 fully saturated rings. The van der Waals surface area contributed by atoms with Gasteiger partial charge in [-0.1, -0.05) is 6.07 Å². The minimum absolute atomic E-state index is 0.129. The molecule has 23 heavy (non-hydrogen) atoms. The largest absolute Gasteiger partial charge is 0.382 e. The van der Waals surface area contributed by atoms with Gasteiger partial charge >= 0.3 is 0 Å². The minimum Gasteiger partial charge on any atom is -0.382 e. The summed E-state index contributed by atoms with van der Waals surface area (Å²) in [5.74, 6) is -0.129. The average Bonchev–Trinajstić information content (AvgIpc) is 3.25. The fourth-order valence-electron chi connectivity index (χ4n) is 3.13. The Hall–Kier alpha value is -2.74. The zero-order valence-corrected chi connectivity index (χ0v) is 12.4. The predicted molar refractivity (Wildman–Crippen MR) is 80.6 cm³/mol. The molecule has 4 heterocycles. The number of nitrogens with zero attached hydrogens (tertiary/aromatic N) is 5. The van der Waals surface area contributed by atoms with Gasteiger partial charge in [0.2, 0.25) is 0 Å². The molecule has 1 unspecified atom stereocenters. The number of fused-ring (bicyclic) bond motifs is 1. The van der Waals surface area contributed by atoms with E-state index in [-0.39, 0.29) is 12.5 Å². The molecule has 1 aliphatic heterocycles. The third kappa shape index (κ3) is 2.27. The van der Waals surface area contributed by atoms with Crippen LogP contribution in [0.25, 0.3) is 5.65 Å². The molecule has 3 aromatic rings. The molecule has 1 atom stereocenters. The number of likely N-dealkylation sites (tertiary alicyclic amines) is 1. The summed E-state index contributed by atoms with van der Waals surface area (Å²) in [7, 11) is 0. The van der Waals surface area contributed by atoms with Crippen LogP contribution < -0.4 is 0 Å². The van der Waals surface area contributed by atoms with Gasteiger partial charge in [-0.2, -0.15) is 15.4 Å². The van der Waals surface area contributed by atoms with Gasteiger partial charge in [0.05, 0.1) is 12.7 Å². The van der Waals surface area contributed by atoms with E-state index in [2.05, 4.69) is 20.4 Å². The number of aliphatic hydroxyl groups is 1. The van der Waals surface area contributed by atoms with Gasteiger partial charge in [0.1, 0.15) is 22.6 Å². The summed E-state index contributed by atoms with van der Waals surface area (Å²) in [4.78, 5) is 18.7. The van der Waals surface area contributed by atoms with Gasteiger partial charge in [0.15, 0.2) is 0 Å². The van der Waals surface area contributed by atoms with Crippen molar-refractivity contribution in [3.05, 3.63) is 48.2 Å². The van der Waals surface area contributed by atoms with Gasteiger partial charge in [-0.05, 0) is 25.0 Å². The van der Waals surface area contributed by atoms with E-state index < -0.39 is 5.60 Å². The first kappa shape index (κ1) is 13.9. The van der Waals surface area contributed by atoms with E-state index in [1.54, 1.807) is 27.8 Å². The second kappa shape index (κ2) is 5.17. The highest BCUT2D eigenvalue weighted by Crippen LogP contribution is 2.30. The summed E-state index contributed by atoms with van der Waals surface area (Å²) >= 11 is 0. The van der Waals surface area contributed by atoms with Gasteiger partial charge in [-0.3, -0.25) is 9.20 Å². The molecule has 1 aliphatic rings. The molecule has 0 spiro atoms. The van der Waals surface area contributed by atoms with Crippen molar-refractivity contribution in [2.75, 3.05) is 13.1 Å². The molecule has 0 saturated carbocycles. The number of pyridine rings is 1. The van der Waals surface area contributed by atoms with Crippen molar-refractivity contribution in [1.82, 2.24) is 29.7 Å². The molecule has 1 amide bonds. The van der Waals surface area contributed by atoms with Crippen molar-refractivity contribution in [3.63, 3.8) is 0 Å². The number of rotatable bonds is 2. The van der Waals surface area contributed by atoms with Crippen LogP contribution in [0, 0.1) is 0 Å². The SMILES string of the molecule is O=C(c1cccc2nccn12)N1CCCC(O)(c2cn[nH]n2)C1. The zero-order chi connectivity index (χ0) is 15.9. The Labute approximate surface area is 131 Å². The molecule has 0 aliphatic carbocycles. The van der Waals surface area contributed by atoms with Crippen LogP contribution in [0.5, 0.6) is 0 Å². The number of amides is 1.